The predicted molar refractivity (Wildman–Crippen MR) is 38.1 cm³/mol. The van der Waals surface area contributed by atoms with Crippen molar-refractivity contribution in [2.75, 3.05) is 6.54 Å². The molecule has 0 aliphatic heterocycles. The van der Waals surface area contributed by atoms with E-state index in [0.717, 1.165) is 13.0 Å². The first-order valence-corrected chi connectivity index (χ1v) is 3.35. The van der Waals surface area contributed by atoms with Crippen molar-refractivity contribution in [2.45, 2.75) is 32.7 Å². The van der Waals surface area contributed by atoms with E-state index in [4.69, 9.17) is 0 Å². The van der Waals surface area contributed by atoms with Crippen molar-refractivity contribution < 1.29 is 4.79 Å². The zero-order valence-electron chi connectivity index (χ0n) is 6.11. The molecule has 0 atom stereocenters. The molecular weight excluding hydrogens is 114 g/mol. The average Bonchev–Trinajstić information content (AvgIpc) is 1.80. The number of nitrogens with one attached hydrogen (secondary N) is 1. The highest BCUT2D eigenvalue weighted by Crippen LogP contribution is 1.82. The molecule has 0 aromatic heterocycles. The van der Waals surface area contributed by atoms with Crippen molar-refractivity contribution in [3.8, 4) is 0 Å². The van der Waals surface area contributed by atoms with Crippen LogP contribution in [0.25, 0.3) is 0 Å². The van der Waals surface area contributed by atoms with Crippen LogP contribution in [0, 0.1) is 0 Å². The summed E-state index contributed by atoms with van der Waals surface area (Å²) in [6.07, 6.45) is 3.31. The Morgan fingerprint density at radius 1 is 1.56 bits per heavy atom. The Balaban J connectivity index is 2.82. The van der Waals surface area contributed by atoms with E-state index in [0.29, 0.717) is 12.5 Å². The first kappa shape index (κ1) is 8.63. The molecule has 0 spiro atoms. The van der Waals surface area contributed by atoms with Gasteiger partial charge in [-0.25, -0.2) is 0 Å². The van der Waals surface area contributed by atoms with Gasteiger partial charge >= 0.3 is 0 Å². The minimum Gasteiger partial charge on any atom is -0.315 e. The summed E-state index contributed by atoms with van der Waals surface area (Å²) in [7, 11) is 0. The molecule has 1 N–H and O–H groups in total. The topological polar surface area (TPSA) is 29.1 Å². The van der Waals surface area contributed by atoms with Crippen LogP contribution in [0.4, 0.5) is 0 Å². The van der Waals surface area contributed by atoms with Crippen LogP contribution in [-0.2, 0) is 4.79 Å². The number of rotatable bonds is 5. The van der Waals surface area contributed by atoms with Crippen LogP contribution >= 0.6 is 0 Å². The maximum Gasteiger partial charge on any atom is 0.198 e. The lowest BCUT2D eigenvalue weighted by Crippen LogP contribution is -2.23. The molecule has 2 heteroatoms. The molecule has 0 amide bonds. The van der Waals surface area contributed by atoms with Crippen LogP contribution < -0.4 is 5.32 Å². The summed E-state index contributed by atoms with van der Waals surface area (Å²) in [4.78, 5) is 9.70. The molecule has 0 aromatic rings. The maximum atomic E-state index is 9.70. The fraction of sp³-hybridized carbons (Fsp3) is 0.857. The predicted octanol–water partition coefficient (Wildman–Crippen LogP) is 0.874. The third-order valence-corrected chi connectivity index (χ3v) is 1.01. The van der Waals surface area contributed by atoms with Crippen molar-refractivity contribution in [3.63, 3.8) is 0 Å². The molecule has 1 radical (unpaired) electrons. The van der Waals surface area contributed by atoms with E-state index in [1.165, 1.54) is 0 Å². The number of hydrogen-bond acceptors (Lipinski definition) is 2. The molecule has 53 valence electrons. The van der Waals surface area contributed by atoms with E-state index in [-0.39, 0.29) is 0 Å². The fourth-order valence-corrected chi connectivity index (χ4v) is 0.551. The normalized spacial score (nSPS) is 10.1. The minimum atomic E-state index is 0.525. The highest BCUT2D eigenvalue weighted by Gasteiger charge is 1.89. The third kappa shape index (κ3) is 7.63. The molecule has 0 heterocycles. The largest absolute Gasteiger partial charge is 0.315 e. The van der Waals surface area contributed by atoms with Gasteiger partial charge in [-0.15, -0.1) is 0 Å². The van der Waals surface area contributed by atoms with Gasteiger partial charge in [0.15, 0.2) is 6.29 Å². The van der Waals surface area contributed by atoms with E-state index in [2.05, 4.69) is 19.2 Å². The SMILES string of the molecule is CC(C)NCCC[C]=O. The van der Waals surface area contributed by atoms with Crippen molar-refractivity contribution >= 4 is 6.29 Å². The molecule has 2 nitrogen and oxygen atoms in total. The molecule has 0 saturated carbocycles. The van der Waals surface area contributed by atoms with Crippen molar-refractivity contribution in [3.05, 3.63) is 0 Å². The maximum absolute atomic E-state index is 9.70. The Kier molecular flexibility index (Phi) is 5.52. The lowest BCUT2D eigenvalue weighted by Gasteiger charge is -2.04. The highest BCUT2D eigenvalue weighted by atomic mass is 16.1. The van der Waals surface area contributed by atoms with E-state index in [1.807, 2.05) is 6.29 Å². The monoisotopic (exact) mass is 128 g/mol. The summed E-state index contributed by atoms with van der Waals surface area (Å²) in [5.41, 5.74) is 0. The molecule has 0 unspecified atom stereocenters. The van der Waals surface area contributed by atoms with Gasteiger partial charge in [0, 0.05) is 12.5 Å². The Morgan fingerprint density at radius 2 is 2.22 bits per heavy atom. The lowest BCUT2D eigenvalue weighted by atomic mass is 10.3. The van der Waals surface area contributed by atoms with Gasteiger partial charge in [-0.2, -0.15) is 0 Å². The van der Waals surface area contributed by atoms with Gasteiger partial charge in [0.05, 0.1) is 0 Å². The third-order valence-electron chi connectivity index (χ3n) is 1.01. The quantitative estimate of drug-likeness (QED) is 0.557. The Morgan fingerprint density at radius 3 is 2.67 bits per heavy atom. The molecule has 9 heavy (non-hydrogen) atoms. The van der Waals surface area contributed by atoms with Crippen LogP contribution in [0.2, 0.25) is 0 Å². The molecule has 0 aliphatic rings. The molecule has 0 saturated heterocycles. The second kappa shape index (κ2) is 5.76. The van der Waals surface area contributed by atoms with Crippen LogP contribution in [0.15, 0.2) is 0 Å². The molecule has 0 rings (SSSR count). The van der Waals surface area contributed by atoms with Crippen LogP contribution in [0.3, 0.4) is 0 Å². The van der Waals surface area contributed by atoms with Gasteiger partial charge in [0.2, 0.25) is 0 Å². The van der Waals surface area contributed by atoms with E-state index in [9.17, 15) is 4.79 Å². The second-order valence-corrected chi connectivity index (χ2v) is 2.36. The Labute approximate surface area is 56.6 Å². The Bertz CT molecular complexity index is 71.3. The van der Waals surface area contributed by atoms with E-state index < -0.39 is 0 Å². The van der Waals surface area contributed by atoms with Gasteiger partial charge in [0.1, 0.15) is 0 Å². The molecule has 0 aliphatic carbocycles. The standard InChI is InChI=1S/C7H14NO/c1-7(2)8-5-3-4-6-9/h7-8H,3-5H2,1-2H3. The number of carbonyl (C=O) groups excluding carboxylic acids is 1. The van der Waals surface area contributed by atoms with Gasteiger partial charge in [-0.1, -0.05) is 13.8 Å². The van der Waals surface area contributed by atoms with Crippen LogP contribution in [0.5, 0.6) is 0 Å². The molecule has 0 bridgehead atoms. The van der Waals surface area contributed by atoms with Crippen molar-refractivity contribution in [1.29, 1.82) is 0 Å². The smallest absolute Gasteiger partial charge is 0.198 e. The number of hydrogen-bond donors (Lipinski definition) is 1. The molecule has 0 fully saturated rings. The summed E-state index contributed by atoms with van der Waals surface area (Å²) in [5.74, 6) is 0. The number of unbranched alkanes of at least 4 members (excludes halogenated alkanes) is 1. The summed E-state index contributed by atoms with van der Waals surface area (Å²) >= 11 is 0. The van der Waals surface area contributed by atoms with Crippen LogP contribution in [-0.4, -0.2) is 18.9 Å². The fourth-order valence-electron chi connectivity index (χ4n) is 0.551. The van der Waals surface area contributed by atoms with Gasteiger partial charge in [-0.05, 0) is 13.0 Å². The summed E-state index contributed by atoms with van der Waals surface area (Å²) < 4.78 is 0. The zero-order valence-corrected chi connectivity index (χ0v) is 6.11. The van der Waals surface area contributed by atoms with Gasteiger partial charge in [0.25, 0.3) is 0 Å². The summed E-state index contributed by atoms with van der Waals surface area (Å²) in [6.45, 7) is 5.10. The first-order chi connectivity index (χ1) is 4.27. The Hall–Kier alpha value is -0.370. The van der Waals surface area contributed by atoms with Gasteiger partial charge < -0.3 is 5.32 Å². The van der Waals surface area contributed by atoms with Gasteiger partial charge in [-0.3, -0.25) is 4.79 Å². The first-order valence-electron chi connectivity index (χ1n) is 3.35. The summed E-state index contributed by atoms with van der Waals surface area (Å²) in [6, 6.07) is 0.525. The lowest BCUT2D eigenvalue weighted by molar-refractivity contribution is 0.536. The minimum absolute atomic E-state index is 0.525. The van der Waals surface area contributed by atoms with E-state index in [1.54, 1.807) is 0 Å². The molecule has 0 aromatic carbocycles. The highest BCUT2D eigenvalue weighted by molar-refractivity contribution is 5.50. The summed E-state index contributed by atoms with van der Waals surface area (Å²) in [5, 5.41) is 3.20. The van der Waals surface area contributed by atoms with Crippen molar-refractivity contribution in [1.82, 2.24) is 5.32 Å². The van der Waals surface area contributed by atoms with Crippen molar-refractivity contribution in [2.24, 2.45) is 0 Å². The second-order valence-electron chi connectivity index (χ2n) is 2.36. The van der Waals surface area contributed by atoms with E-state index >= 15 is 0 Å². The average molecular weight is 128 g/mol. The van der Waals surface area contributed by atoms with Crippen LogP contribution in [0.1, 0.15) is 26.7 Å². The molecular formula is C7H14NO. The zero-order chi connectivity index (χ0) is 7.11.